The van der Waals surface area contributed by atoms with E-state index in [1.807, 2.05) is 13.0 Å². The number of hydrogen-bond acceptors (Lipinski definition) is 1. The predicted molar refractivity (Wildman–Crippen MR) is 81.0 cm³/mol. The summed E-state index contributed by atoms with van der Waals surface area (Å²) in [7, 11) is 0. The number of halogens is 4. The van der Waals surface area contributed by atoms with E-state index in [2.05, 4.69) is 21.2 Å². The number of nitrogens with one attached hydrogen (secondary N) is 1. The lowest BCUT2D eigenvalue weighted by Crippen LogP contribution is -2.23. The van der Waals surface area contributed by atoms with Crippen molar-refractivity contribution in [2.75, 3.05) is 6.54 Å². The molecule has 0 aliphatic carbocycles. The Balaban J connectivity index is 2.53. The Morgan fingerprint density at radius 1 is 1.20 bits per heavy atom. The Morgan fingerprint density at radius 3 is 2.60 bits per heavy atom. The molecule has 0 amide bonds. The molecule has 2 aromatic rings. The molecule has 5 heteroatoms. The van der Waals surface area contributed by atoms with Gasteiger partial charge in [0.15, 0.2) is 11.6 Å². The highest BCUT2D eigenvalue weighted by Crippen LogP contribution is 2.32. The lowest BCUT2D eigenvalue weighted by Gasteiger charge is -2.21. The van der Waals surface area contributed by atoms with Gasteiger partial charge in [-0.05, 0) is 30.3 Å². The zero-order chi connectivity index (χ0) is 14.7. The van der Waals surface area contributed by atoms with E-state index in [-0.39, 0.29) is 5.56 Å². The van der Waals surface area contributed by atoms with E-state index >= 15 is 0 Å². The first-order chi connectivity index (χ1) is 9.54. The topological polar surface area (TPSA) is 12.0 Å². The van der Waals surface area contributed by atoms with Gasteiger partial charge in [-0.25, -0.2) is 8.78 Å². The van der Waals surface area contributed by atoms with Gasteiger partial charge in [-0.15, -0.1) is 0 Å². The van der Waals surface area contributed by atoms with Crippen molar-refractivity contribution < 1.29 is 8.78 Å². The van der Waals surface area contributed by atoms with Gasteiger partial charge in [0.25, 0.3) is 0 Å². The summed E-state index contributed by atoms with van der Waals surface area (Å²) >= 11 is 9.54. The van der Waals surface area contributed by atoms with Crippen molar-refractivity contribution in [2.24, 2.45) is 0 Å². The summed E-state index contributed by atoms with van der Waals surface area (Å²) in [6.45, 7) is 2.50. The third-order valence-electron chi connectivity index (χ3n) is 2.97. The molecule has 106 valence electrons. The SMILES string of the molecule is CCNC(c1ccc(Br)cc1Cl)c1cccc(F)c1F. The minimum atomic E-state index is -0.862. The fraction of sp³-hybridized carbons (Fsp3) is 0.200. The molecule has 0 spiro atoms. The molecule has 2 aromatic carbocycles. The minimum Gasteiger partial charge on any atom is -0.306 e. The molecule has 0 fully saturated rings. The van der Waals surface area contributed by atoms with Crippen LogP contribution in [0.5, 0.6) is 0 Å². The molecular weight excluding hydrogens is 348 g/mol. The molecule has 0 saturated heterocycles. The van der Waals surface area contributed by atoms with Crippen molar-refractivity contribution in [1.29, 1.82) is 0 Å². The number of benzene rings is 2. The van der Waals surface area contributed by atoms with E-state index in [4.69, 9.17) is 11.6 Å². The van der Waals surface area contributed by atoms with Crippen molar-refractivity contribution in [3.05, 3.63) is 68.7 Å². The summed E-state index contributed by atoms with van der Waals surface area (Å²) in [5.41, 5.74) is 0.956. The average Bonchev–Trinajstić information content (AvgIpc) is 2.40. The van der Waals surface area contributed by atoms with Gasteiger partial charge in [0.2, 0.25) is 0 Å². The Bertz CT molecular complexity index is 619. The van der Waals surface area contributed by atoms with E-state index < -0.39 is 17.7 Å². The maximum Gasteiger partial charge on any atom is 0.163 e. The van der Waals surface area contributed by atoms with Gasteiger partial charge in [-0.3, -0.25) is 0 Å². The molecule has 1 N–H and O–H groups in total. The van der Waals surface area contributed by atoms with Gasteiger partial charge in [-0.1, -0.05) is 52.7 Å². The van der Waals surface area contributed by atoms with Gasteiger partial charge in [0, 0.05) is 15.1 Å². The lowest BCUT2D eigenvalue weighted by molar-refractivity contribution is 0.483. The molecule has 20 heavy (non-hydrogen) atoms. The summed E-state index contributed by atoms with van der Waals surface area (Å²) in [6.07, 6.45) is 0. The predicted octanol–water partition coefficient (Wildman–Crippen LogP) is 5.08. The van der Waals surface area contributed by atoms with Crippen molar-refractivity contribution in [3.63, 3.8) is 0 Å². The highest BCUT2D eigenvalue weighted by Gasteiger charge is 2.21. The molecule has 0 aliphatic heterocycles. The van der Waals surface area contributed by atoms with Crippen LogP contribution in [0.25, 0.3) is 0 Å². The van der Waals surface area contributed by atoms with E-state index in [1.165, 1.54) is 6.07 Å². The van der Waals surface area contributed by atoms with Crippen molar-refractivity contribution in [3.8, 4) is 0 Å². The molecular formula is C15H13BrClF2N. The normalized spacial score (nSPS) is 12.4. The maximum atomic E-state index is 14.0. The van der Waals surface area contributed by atoms with Crippen molar-refractivity contribution >= 4 is 27.5 Å². The number of hydrogen-bond donors (Lipinski definition) is 1. The first-order valence-corrected chi connectivity index (χ1v) is 7.34. The van der Waals surface area contributed by atoms with Crippen LogP contribution >= 0.6 is 27.5 Å². The molecule has 0 bridgehead atoms. The lowest BCUT2D eigenvalue weighted by atomic mass is 9.98. The Hall–Kier alpha value is -0.970. The van der Waals surface area contributed by atoms with Crippen molar-refractivity contribution in [1.82, 2.24) is 5.32 Å². The Labute approximate surface area is 130 Å². The van der Waals surface area contributed by atoms with Crippen LogP contribution in [0, 0.1) is 11.6 Å². The van der Waals surface area contributed by atoms with E-state index in [0.29, 0.717) is 17.1 Å². The Morgan fingerprint density at radius 2 is 1.95 bits per heavy atom. The summed E-state index contributed by atoms with van der Waals surface area (Å²) in [4.78, 5) is 0. The first-order valence-electron chi connectivity index (χ1n) is 6.16. The van der Waals surface area contributed by atoms with Crippen LogP contribution in [-0.4, -0.2) is 6.54 Å². The third kappa shape index (κ3) is 3.19. The number of rotatable bonds is 4. The monoisotopic (exact) mass is 359 g/mol. The molecule has 1 nitrogen and oxygen atoms in total. The summed E-state index contributed by atoms with van der Waals surface area (Å²) in [6, 6.07) is 9.02. The maximum absolute atomic E-state index is 14.0. The van der Waals surface area contributed by atoms with Crippen LogP contribution < -0.4 is 5.32 Å². The van der Waals surface area contributed by atoms with E-state index in [9.17, 15) is 8.78 Å². The van der Waals surface area contributed by atoms with Gasteiger partial charge < -0.3 is 5.32 Å². The van der Waals surface area contributed by atoms with Crippen LogP contribution in [0.15, 0.2) is 40.9 Å². The molecule has 2 rings (SSSR count). The van der Waals surface area contributed by atoms with Crippen LogP contribution in [0.2, 0.25) is 5.02 Å². The van der Waals surface area contributed by atoms with Crippen LogP contribution in [0.1, 0.15) is 24.1 Å². The smallest absolute Gasteiger partial charge is 0.163 e. The summed E-state index contributed by atoms with van der Waals surface area (Å²) in [5, 5.41) is 3.63. The van der Waals surface area contributed by atoms with Gasteiger partial charge in [0.1, 0.15) is 0 Å². The second kappa shape index (κ2) is 6.66. The zero-order valence-electron chi connectivity index (χ0n) is 10.8. The van der Waals surface area contributed by atoms with E-state index in [0.717, 1.165) is 10.5 Å². The average molecular weight is 361 g/mol. The molecule has 0 radical (unpaired) electrons. The quantitative estimate of drug-likeness (QED) is 0.802. The molecule has 0 aromatic heterocycles. The van der Waals surface area contributed by atoms with Gasteiger partial charge in [-0.2, -0.15) is 0 Å². The summed E-state index contributed by atoms with van der Waals surface area (Å²) in [5.74, 6) is -1.71. The largest absolute Gasteiger partial charge is 0.306 e. The highest BCUT2D eigenvalue weighted by atomic mass is 79.9. The zero-order valence-corrected chi connectivity index (χ0v) is 13.1. The molecule has 1 atom stereocenters. The van der Waals surface area contributed by atoms with Crippen molar-refractivity contribution in [2.45, 2.75) is 13.0 Å². The highest BCUT2D eigenvalue weighted by molar-refractivity contribution is 9.10. The van der Waals surface area contributed by atoms with Crippen LogP contribution in [-0.2, 0) is 0 Å². The second-order valence-corrected chi connectivity index (χ2v) is 5.62. The van der Waals surface area contributed by atoms with Crippen LogP contribution in [0.3, 0.4) is 0 Å². The molecule has 0 saturated carbocycles. The molecule has 1 unspecified atom stereocenters. The minimum absolute atomic E-state index is 0.246. The van der Waals surface area contributed by atoms with Crippen LogP contribution in [0.4, 0.5) is 8.78 Å². The fourth-order valence-electron chi connectivity index (χ4n) is 2.07. The van der Waals surface area contributed by atoms with Gasteiger partial charge >= 0.3 is 0 Å². The van der Waals surface area contributed by atoms with Gasteiger partial charge in [0.05, 0.1) is 6.04 Å². The second-order valence-electron chi connectivity index (χ2n) is 4.30. The molecule has 0 aliphatic rings. The van der Waals surface area contributed by atoms with E-state index in [1.54, 1.807) is 18.2 Å². The third-order valence-corrected chi connectivity index (χ3v) is 3.79. The standard InChI is InChI=1S/C15H13BrClF2N/c1-2-20-15(10-7-6-9(16)8-12(10)17)11-4-3-5-13(18)14(11)19/h3-8,15,20H,2H2,1H3. The first kappa shape index (κ1) is 15.4. The summed E-state index contributed by atoms with van der Waals surface area (Å²) < 4.78 is 28.3. The Kier molecular flexibility index (Phi) is 5.13. The molecule has 0 heterocycles. The fourth-order valence-corrected chi connectivity index (χ4v) is 2.85.